The number of carbonyl (C=O) groups is 3. The van der Waals surface area contributed by atoms with Crippen LogP contribution in [0.3, 0.4) is 0 Å². The molecule has 3 N–H and O–H groups in total. The molecule has 23 heavy (non-hydrogen) atoms. The normalized spacial score (nSPS) is 11.2. The molecule has 120 valence electrons. The molecule has 2 aromatic rings. The van der Waals surface area contributed by atoms with E-state index in [1.54, 1.807) is 6.92 Å². The maximum atomic E-state index is 11.2. The first kappa shape index (κ1) is 16.1. The van der Waals surface area contributed by atoms with Gasteiger partial charge in [0.1, 0.15) is 0 Å². The molecule has 2 rings (SSSR count). The molecule has 0 atom stereocenters. The summed E-state index contributed by atoms with van der Waals surface area (Å²) in [5.41, 5.74) is -2.14. The standard InChI is InChI=1S/C14H12N2O7/c1-7-15-10(16-23-7)9-4-2-8(3-5-9)6-14(11(17)18,12(19)20)13(21)22/h2-5H,6H2,1H3,(H,17,18)(H,19,20)(H,21,22). The second kappa shape index (κ2) is 5.87. The molecule has 0 saturated heterocycles. The van der Waals surface area contributed by atoms with Crippen molar-refractivity contribution in [2.75, 3.05) is 0 Å². The Morgan fingerprint density at radius 3 is 1.96 bits per heavy atom. The van der Waals surface area contributed by atoms with Gasteiger partial charge in [0.2, 0.25) is 11.7 Å². The molecule has 1 aromatic carbocycles. The molecule has 9 nitrogen and oxygen atoms in total. The number of carboxylic acids is 3. The molecule has 0 saturated carbocycles. The summed E-state index contributed by atoms with van der Waals surface area (Å²) >= 11 is 0. The van der Waals surface area contributed by atoms with Crippen LogP contribution in [0.5, 0.6) is 0 Å². The van der Waals surface area contributed by atoms with Gasteiger partial charge in [0.25, 0.3) is 5.41 Å². The van der Waals surface area contributed by atoms with Crippen molar-refractivity contribution in [2.24, 2.45) is 5.41 Å². The number of hydrogen-bond donors (Lipinski definition) is 3. The molecule has 0 amide bonds. The first-order chi connectivity index (χ1) is 10.8. The van der Waals surface area contributed by atoms with Crippen LogP contribution in [0.2, 0.25) is 0 Å². The Morgan fingerprint density at radius 1 is 1.04 bits per heavy atom. The van der Waals surface area contributed by atoms with Crippen LogP contribution in [0.4, 0.5) is 0 Å². The van der Waals surface area contributed by atoms with Gasteiger partial charge in [-0.2, -0.15) is 4.98 Å². The molecule has 0 bridgehead atoms. The fourth-order valence-corrected chi connectivity index (χ4v) is 2.00. The SMILES string of the molecule is Cc1nc(-c2ccc(CC(C(=O)O)(C(=O)O)C(=O)O)cc2)no1. The Kier molecular flexibility index (Phi) is 4.12. The molecule has 0 aliphatic heterocycles. The molecule has 0 spiro atoms. The van der Waals surface area contributed by atoms with E-state index in [0.29, 0.717) is 17.3 Å². The minimum atomic E-state index is -2.94. The molecule has 0 aliphatic carbocycles. The largest absolute Gasteiger partial charge is 0.480 e. The smallest absolute Gasteiger partial charge is 0.333 e. The highest BCUT2D eigenvalue weighted by Crippen LogP contribution is 2.26. The molecule has 0 aliphatic rings. The van der Waals surface area contributed by atoms with Crippen LogP contribution >= 0.6 is 0 Å². The van der Waals surface area contributed by atoms with Crippen molar-refractivity contribution >= 4 is 17.9 Å². The summed E-state index contributed by atoms with van der Waals surface area (Å²) in [7, 11) is 0. The Balaban J connectivity index is 2.33. The van der Waals surface area contributed by atoms with Crippen LogP contribution in [0.15, 0.2) is 28.8 Å². The zero-order valence-electron chi connectivity index (χ0n) is 11.9. The topological polar surface area (TPSA) is 151 Å². The average molecular weight is 320 g/mol. The Morgan fingerprint density at radius 2 is 1.57 bits per heavy atom. The summed E-state index contributed by atoms with van der Waals surface area (Å²) in [4.78, 5) is 37.6. The van der Waals surface area contributed by atoms with Gasteiger partial charge < -0.3 is 19.8 Å². The monoisotopic (exact) mass is 320 g/mol. The van der Waals surface area contributed by atoms with Gasteiger partial charge in [-0.1, -0.05) is 29.4 Å². The predicted molar refractivity (Wildman–Crippen MR) is 73.5 cm³/mol. The zero-order chi connectivity index (χ0) is 17.2. The van der Waals surface area contributed by atoms with Gasteiger partial charge in [0.15, 0.2) is 0 Å². The predicted octanol–water partition coefficient (Wildman–Crippen LogP) is 0.828. The second-order valence-corrected chi connectivity index (χ2v) is 4.83. The van der Waals surface area contributed by atoms with Crippen LogP contribution in [0, 0.1) is 12.3 Å². The van der Waals surface area contributed by atoms with Crippen LogP contribution in [-0.4, -0.2) is 43.4 Å². The van der Waals surface area contributed by atoms with Crippen LogP contribution in [0.25, 0.3) is 11.4 Å². The molecule has 1 aromatic heterocycles. The Labute approximate surface area is 129 Å². The van der Waals surface area contributed by atoms with Crippen LogP contribution in [-0.2, 0) is 20.8 Å². The highest BCUT2D eigenvalue weighted by molar-refractivity contribution is 6.16. The summed E-state index contributed by atoms with van der Waals surface area (Å²) in [6.45, 7) is 1.62. The quantitative estimate of drug-likeness (QED) is 0.657. The summed E-state index contributed by atoms with van der Waals surface area (Å²) in [6, 6.07) is 5.89. The van der Waals surface area contributed by atoms with Crippen molar-refractivity contribution in [1.29, 1.82) is 0 Å². The fourth-order valence-electron chi connectivity index (χ4n) is 2.00. The number of aromatic nitrogens is 2. The molecule has 0 unspecified atom stereocenters. The summed E-state index contributed by atoms with van der Waals surface area (Å²) in [5.74, 6) is -5.12. The maximum Gasteiger partial charge on any atom is 0.333 e. The molecule has 9 heteroatoms. The number of hydrogen-bond acceptors (Lipinski definition) is 6. The van der Waals surface area contributed by atoms with Gasteiger partial charge >= 0.3 is 17.9 Å². The lowest BCUT2D eigenvalue weighted by Gasteiger charge is -2.20. The average Bonchev–Trinajstić information content (AvgIpc) is 2.90. The molecule has 1 heterocycles. The first-order valence-corrected chi connectivity index (χ1v) is 6.37. The van der Waals surface area contributed by atoms with Gasteiger partial charge in [0.05, 0.1) is 0 Å². The van der Waals surface area contributed by atoms with Crippen molar-refractivity contribution in [3.8, 4) is 11.4 Å². The summed E-state index contributed by atoms with van der Waals surface area (Å²) in [6.07, 6.45) is -0.696. The third kappa shape index (κ3) is 2.89. The number of carboxylic acid groups (broad SMARTS) is 3. The van der Waals surface area contributed by atoms with Gasteiger partial charge in [-0.25, -0.2) is 0 Å². The maximum absolute atomic E-state index is 11.2. The van der Waals surface area contributed by atoms with Gasteiger partial charge in [-0.3, -0.25) is 14.4 Å². The van der Waals surface area contributed by atoms with E-state index >= 15 is 0 Å². The highest BCUT2D eigenvalue weighted by atomic mass is 16.5. The molecular formula is C14H12N2O7. The lowest BCUT2D eigenvalue weighted by Crippen LogP contribution is -2.48. The molecule has 0 fully saturated rings. The van der Waals surface area contributed by atoms with E-state index in [2.05, 4.69) is 10.1 Å². The van der Waals surface area contributed by atoms with Crippen LogP contribution in [0.1, 0.15) is 11.5 Å². The Hall–Kier alpha value is -3.23. The summed E-state index contributed by atoms with van der Waals surface area (Å²) < 4.78 is 4.83. The van der Waals surface area contributed by atoms with Crippen molar-refractivity contribution in [1.82, 2.24) is 10.1 Å². The van der Waals surface area contributed by atoms with E-state index in [1.807, 2.05) is 0 Å². The zero-order valence-corrected chi connectivity index (χ0v) is 11.9. The third-order valence-corrected chi connectivity index (χ3v) is 3.30. The number of aryl methyl sites for hydroxylation is 1. The number of rotatable bonds is 6. The molecular weight excluding hydrogens is 308 g/mol. The minimum Gasteiger partial charge on any atom is -0.480 e. The number of benzene rings is 1. The number of aliphatic carboxylic acids is 3. The van der Waals surface area contributed by atoms with E-state index < -0.39 is 29.7 Å². The van der Waals surface area contributed by atoms with E-state index in [0.717, 1.165) is 0 Å². The Bertz CT molecular complexity index is 728. The van der Waals surface area contributed by atoms with Crippen molar-refractivity contribution in [3.05, 3.63) is 35.7 Å². The van der Waals surface area contributed by atoms with Crippen molar-refractivity contribution in [2.45, 2.75) is 13.3 Å². The summed E-state index contributed by atoms with van der Waals surface area (Å²) in [5, 5.41) is 30.9. The highest BCUT2D eigenvalue weighted by Gasteiger charge is 2.54. The van der Waals surface area contributed by atoms with E-state index in [1.165, 1.54) is 24.3 Å². The number of nitrogens with zero attached hydrogens (tertiary/aromatic N) is 2. The lowest BCUT2D eigenvalue weighted by molar-refractivity contribution is -0.175. The van der Waals surface area contributed by atoms with Gasteiger partial charge in [-0.15, -0.1) is 0 Å². The second-order valence-electron chi connectivity index (χ2n) is 4.83. The van der Waals surface area contributed by atoms with Crippen molar-refractivity contribution in [3.63, 3.8) is 0 Å². The van der Waals surface area contributed by atoms with E-state index in [-0.39, 0.29) is 5.56 Å². The van der Waals surface area contributed by atoms with Gasteiger partial charge in [0, 0.05) is 18.9 Å². The van der Waals surface area contributed by atoms with Crippen LogP contribution < -0.4 is 0 Å². The molecule has 0 radical (unpaired) electrons. The minimum absolute atomic E-state index is 0.237. The first-order valence-electron chi connectivity index (χ1n) is 6.37. The van der Waals surface area contributed by atoms with E-state index in [9.17, 15) is 14.4 Å². The van der Waals surface area contributed by atoms with Crippen molar-refractivity contribution < 1.29 is 34.2 Å². The van der Waals surface area contributed by atoms with E-state index in [4.69, 9.17) is 19.8 Å². The third-order valence-electron chi connectivity index (χ3n) is 3.30. The fraction of sp³-hybridized carbons (Fsp3) is 0.214. The lowest BCUT2D eigenvalue weighted by atomic mass is 9.81. The van der Waals surface area contributed by atoms with Gasteiger partial charge in [-0.05, 0) is 5.56 Å².